The maximum absolute atomic E-state index is 6.71. The molecule has 0 atom stereocenters. The summed E-state index contributed by atoms with van der Waals surface area (Å²) in [5.41, 5.74) is 14.7. The summed E-state index contributed by atoms with van der Waals surface area (Å²) in [6.07, 6.45) is 0. The largest absolute Gasteiger partial charge is 0.454 e. The highest BCUT2D eigenvalue weighted by atomic mass is 16.3. The normalized spacial score (nSPS) is 14.0. The quantitative estimate of drug-likeness (QED) is 0.191. The second-order valence-electron chi connectivity index (χ2n) is 13.2. The summed E-state index contributed by atoms with van der Waals surface area (Å²) in [7, 11) is 0. The van der Waals surface area contributed by atoms with Gasteiger partial charge in [-0.25, -0.2) is 4.98 Å². The standard InChI is InChI=1S/C42H27N3O/c1-42(2)32-15-7-5-11-25(32)29-22-30-26-12-6-9-17-35(26)44(37(30)23-33(29)42)24-19-20-38-31(21-24)39-40(46-38)27-13-3-4-14-28(27)41-43-34-16-8-10-18-36(34)45(39)41/h3-23H,1-2H3. The van der Waals surface area contributed by atoms with Crippen LogP contribution in [0.25, 0.3) is 88.1 Å². The van der Waals surface area contributed by atoms with Crippen LogP contribution in [0.2, 0.25) is 0 Å². The molecular weight excluding hydrogens is 562 g/mol. The van der Waals surface area contributed by atoms with Gasteiger partial charge in [-0.05, 0) is 70.8 Å². The maximum atomic E-state index is 6.71. The summed E-state index contributed by atoms with van der Waals surface area (Å²) < 4.78 is 11.4. The summed E-state index contributed by atoms with van der Waals surface area (Å²) in [6, 6.07) is 46.0. The van der Waals surface area contributed by atoms with E-state index in [1.165, 1.54) is 44.1 Å². The number of pyridine rings is 1. The molecule has 0 bridgehead atoms. The molecule has 46 heavy (non-hydrogen) atoms. The molecule has 11 rings (SSSR count). The van der Waals surface area contributed by atoms with Crippen LogP contribution in [-0.2, 0) is 5.41 Å². The molecule has 0 saturated carbocycles. The van der Waals surface area contributed by atoms with E-state index in [9.17, 15) is 0 Å². The van der Waals surface area contributed by atoms with Gasteiger partial charge in [0.1, 0.15) is 16.7 Å². The van der Waals surface area contributed by atoms with E-state index in [-0.39, 0.29) is 5.41 Å². The van der Waals surface area contributed by atoms with Crippen molar-refractivity contribution in [3.05, 3.63) is 139 Å². The minimum Gasteiger partial charge on any atom is -0.454 e. The smallest absolute Gasteiger partial charge is 0.160 e. The Morgan fingerprint density at radius 1 is 0.565 bits per heavy atom. The molecule has 0 unspecified atom stereocenters. The van der Waals surface area contributed by atoms with Crippen molar-refractivity contribution < 1.29 is 4.42 Å². The van der Waals surface area contributed by atoms with Gasteiger partial charge < -0.3 is 8.98 Å². The number of imidazole rings is 1. The highest BCUT2D eigenvalue weighted by molar-refractivity contribution is 6.19. The number of furan rings is 1. The summed E-state index contributed by atoms with van der Waals surface area (Å²) in [4.78, 5) is 5.11. The van der Waals surface area contributed by atoms with Crippen LogP contribution in [0.5, 0.6) is 0 Å². The van der Waals surface area contributed by atoms with Crippen LogP contribution in [0.3, 0.4) is 0 Å². The topological polar surface area (TPSA) is 35.4 Å². The molecule has 0 fully saturated rings. The third kappa shape index (κ3) is 2.88. The molecule has 4 heterocycles. The molecule has 0 N–H and O–H groups in total. The number of para-hydroxylation sites is 3. The van der Waals surface area contributed by atoms with Gasteiger partial charge in [0.2, 0.25) is 0 Å². The Bertz CT molecular complexity index is 2950. The number of hydrogen-bond acceptors (Lipinski definition) is 2. The van der Waals surface area contributed by atoms with Gasteiger partial charge in [-0.3, -0.25) is 4.40 Å². The van der Waals surface area contributed by atoms with Gasteiger partial charge in [-0.15, -0.1) is 0 Å². The summed E-state index contributed by atoms with van der Waals surface area (Å²) >= 11 is 0. The van der Waals surface area contributed by atoms with Crippen molar-refractivity contribution in [3.8, 4) is 16.8 Å². The van der Waals surface area contributed by atoms with Gasteiger partial charge >= 0.3 is 0 Å². The second kappa shape index (κ2) is 8.23. The zero-order valence-electron chi connectivity index (χ0n) is 25.4. The lowest BCUT2D eigenvalue weighted by atomic mass is 9.82. The number of benzene rings is 6. The van der Waals surface area contributed by atoms with E-state index in [0.717, 1.165) is 55.2 Å². The lowest BCUT2D eigenvalue weighted by Gasteiger charge is -2.21. The highest BCUT2D eigenvalue weighted by Crippen LogP contribution is 2.51. The van der Waals surface area contributed by atoms with E-state index in [1.807, 2.05) is 0 Å². The molecular formula is C42H27N3O. The van der Waals surface area contributed by atoms with Crippen LogP contribution >= 0.6 is 0 Å². The monoisotopic (exact) mass is 589 g/mol. The van der Waals surface area contributed by atoms with Crippen molar-refractivity contribution in [3.63, 3.8) is 0 Å². The van der Waals surface area contributed by atoms with Crippen LogP contribution in [0, 0.1) is 0 Å². The first kappa shape index (κ1) is 24.5. The van der Waals surface area contributed by atoms with Gasteiger partial charge in [-0.2, -0.15) is 0 Å². The third-order valence-corrected chi connectivity index (χ3v) is 10.5. The molecule has 4 aromatic heterocycles. The Labute approximate surface area is 263 Å². The van der Waals surface area contributed by atoms with Crippen LogP contribution in [0.1, 0.15) is 25.0 Å². The maximum Gasteiger partial charge on any atom is 0.160 e. The summed E-state index contributed by atoms with van der Waals surface area (Å²) in [5.74, 6) is 0. The Hall–Kier alpha value is -5.87. The average Bonchev–Trinajstić information content (AvgIpc) is 3.81. The third-order valence-electron chi connectivity index (χ3n) is 10.5. The molecule has 10 aromatic rings. The highest BCUT2D eigenvalue weighted by Gasteiger charge is 2.36. The average molecular weight is 590 g/mol. The Balaban J connectivity index is 1.27. The molecule has 4 nitrogen and oxygen atoms in total. The second-order valence-corrected chi connectivity index (χ2v) is 13.2. The van der Waals surface area contributed by atoms with Crippen molar-refractivity contribution in [1.29, 1.82) is 0 Å². The first-order valence-corrected chi connectivity index (χ1v) is 15.9. The zero-order valence-corrected chi connectivity index (χ0v) is 25.4. The molecule has 0 radical (unpaired) electrons. The van der Waals surface area contributed by atoms with Crippen molar-refractivity contribution in [2.75, 3.05) is 0 Å². The predicted molar refractivity (Wildman–Crippen MR) is 189 cm³/mol. The molecule has 0 aliphatic heterocycles. The van der Waals surface area contributed by atoms with E-state index in [2.05, 4.69) is 150 Å². The number of aromatic nitrogens is 3. The molecule has 1 aliphatic rings. The molecule has 6 aromatic carbocycles. The fraction of sp³-hybridized carbons (Fsp3) is 0.0714. The Morgan fingerprint density at radius 2 is 1.30 bits per heavy atom. The fourth-order valence-electron chi connectivity index (χ4n) is 8.37. The molecule has 0 saturated heterocycles. The van der Waals surface area contributed by atoms with E-state index in [1.54, 1.807) is 0 Å². The van der Waals surface area contributed by atoms with Crippen LogP contribution in [-0.4, -0.2) is 14.0 Å². The van der Waals surface area contributed by atoms with E-state index >= 15 is 0 Å². The number of fused-ring (bicyclic) bond motifs is 16. The van der Waals surface area contributed by atoms with Gasteiger partial charge in [0.15, 0.2) is 5.58 Å². The molecule has 4 heteroatoms. The number of hydrogen-bond donors (Lipinski definition) is 0. The van der Waals surface area contributed by atoms with Gasteiger partial charge in [0.05, 0.1) is 22.1 Å². The fourth-order valence-corrected chi connectivity index (χ4v) is 8.37. The first-order valence-electron chi connectivity index (χ1n) is 15.9. The van der Waals surface area contributed by atoms with Crippen LogP contribution in [0.15, 0.2) is 132 Å². The van der Waals surface area contributed by atoms with Crippen molar-refractivity contribution in [2.24, 2.45) is 0 Å². The minimum absolute atomic E-state index is 0.0821. The lowest BCUT2D eigenvalue weighted by molar-refractivity contribution is 0.661. The Kier molecular flexibility index (Phi) is 4.38. The minimum atomic E-state index is -0.0821. The van der Waals surface area contributed by atoms with Gasteiger partial charge in [0, 0.05) is 38.0 Å². The van der Waals surface area contributed by atoms with E-state index < -0.39 is 0 Å². The van der Waals surface area contributed by atoms with Crippen LogP contribution in [0.4, 0.5) is 0 Å². The molecule has 216 valence electrons. The van der Waals surface area contributed by atoms with Crippen molar-refractivity contribution >= 4 is 71.3 Å². The van der Waals surface area contributed by atoms with Crippen molar-refractivity contribution in [2.45, 2.75) is 19.3 Å². The molecule has 0 amide bonds. The van der Waals surface area contributed by atoms with E-state index in [4.69, 9.17) is 9.40 Å². The lowest BCUT2D eigenvalue weighted by Crippen LogP contribution is -2.14. The number of nitrogens with zero attached hydrogens (tertiary/aromatic N) is 3. The van der Waals surface area contributed by atoms with Crippen molar-refractivity contribution in [1.82, 2.24) is 14.0 Å². The summed E-state index contributed by atoms with van der Waals surface area (Å²) in [5, 5.41) is 5.77. The Morgan fingerprint density at radius 3 is 2.20 bits per heavy atom. The summed E-state index contributed by atoms with van der Waals surface area (Å²) in [6.45, 7) is 4.70. The van der Waals surface area contributed by atoms with Crippen LogP contribution < -0.4 is 0 Å². The molecule has 0 spiro atoms. The van der Waals surface area contributed by atoms with E-state index in [0.29, 0.717) is 0 Å². The molecule has 1 aliphatic carbocycles. The SMILES string of the molecule is CC1(C)c2ccccc2-c2cc3c4ccccc4n(-c4ccc5oc6c7ccccc7c7nc8ccccc8n7c6c5c4)c3cc21. The van der Waals surface area contributed by atoms with Gasteiger partial charge in [-0.1, -0.05) is 92.7 Å². The first-order chi connectivity index (χ1) is 22.6. The zero-order chi connectivity index (χ0) is 30.3. The van der Waals surface area contributed by atoms with Gasteiger partial charge in [0.25, 0.3) is 0 Å². The number of rotatable bonds is 1. The predicted octanol–water partition coefficient (Wildman–Crippen LogP) is 10.9.